The third-order valence-electron chi connectivity index (χ3n) is 11.8. The molecule has 2 fully saturated rings. The van der Waals surface area contributed by atoms with Crippen LogP contribution in [0, 0.1) is 11.8 Å². The molecule has 2 aromatic heterocycles. The van der Waals surface area contributed by atoms with Crippen LogP contribution in [0.1, 0.15) is 82.7 Å². The highest BCUT2D eigenvalue weighted by Crippen LogP contribution is 2.43. The van der Waals surface area contributed by atoms with Crippen molar-refractivity contribution in [2.75, 3.05) is 27.3 Å². The molecule has 5 aromatic rings. The highest BCUT2D eigenvalue weighted by Gasteiger charge is 2.39. The number of hydrogen-bond donors (Lipinski definition) is 4. The van der Waals surface area contributed by atoms with Crippen LogP contribution in [0.25, 0.3) is 44.2 Å². The number of hydrogen-bond acceptors (Lipinski definition) is 9. The molecule has 304 valence electrons. The number of benzene rings is 3. The number of likely N-dealkylation sites (tertiary alicyclic amines) is 2. The Kier molecular flexibility index (Phi) is 10.5. The molecular weight excluding hydrogens is 741 g/mol. The maximum atomic E-state index is 13.7. The minimum atomic E-state index is -0.708. The summed E-state index contributed by atoms with van der Waals surface area (Å²) >= 11 is 0. The summed E-state index contributed by atoms with van der Waals surface area (Å²) in [4.78, 5) is 71.8. The summed E-state index contributed by atoms with van der Waals surface area (Å²) in [6, 6.07) is 12.7. The normalized spacial score (nSPS) is 18.6. The van der Waals surface area contributed by atoms with Crippen molar-refractivity contribution in [3.05, 3.63) is 65.9 Å². The van der Waals surface area contributed by atoms with E-state index in [4.69, 9.17) is 24.2 Å². The number of imidazole rings is 2. The molecule has 4 N–H and O–H groups in total. The predicted octanol–water partition coefficient (Wildman–Crippen LogP) is 6.75. The second-order valence-electron chi connectivity index (χ2n) is 16.1. The van der Waals surface area contributed by atoms with Gasteiger partial charge in [-0.1, -0.05) is 45.9 Å². The zero-order chi connectivity index (χ0) is 40.8. The number of fused-ring (bicyclic) bond motifs is 6. The molecule has 0 saturated carbocycles. The van der Waals surface area contributed by atoms with Gasteiger partial charge in [-0.3, -0.25) is 9.59 Å². The number of H-pyrrole nitrogens is 2. The fourth-order valence-electron chi connectivity index (χ4n) is 8.67. The van der Waals surface area contributed by atoms with Crippen LogP contribution in [0.15, 0.2) is 48.7 Å². The third kappa shape index (κ3) is 7.06. The smallest absolute Gasteiger partial charge is 0.407 e. The van der Waals surface area contributed by atoms with Gasteiger partial charge < -0.3 is 44.6 Å². The molecular formula is C43H50N8O7. The Morgan fingerprint density at radius 2 is 1.43 bits per heavy atom. The van der Waals surface area contributed by atoms with Crippen LogP contribution in [0.2, 0.25) is 0 Å². The van der Waals surface area contributed by atoms with E-state index in [1.54, 1.807) is 0 Å². The van der Waals surface area contributed by atoms with Crippen LogP contribution in [0.4, 0.5) is 9.59 Å². The summed E-state index contributed by atoms with van der Waals surface area (Å²) in [5, 5.41) is 7.38. The van der Waals surface area contributed by atoms with Gasteiger partial charge in [-0.2, -0.15) is 0 Å². The molecule has 0 bridgehead atoms. The number of methoxy groups -OCH3 is 2. The van der Waals surface area contributed by atoms with Gasteiger partial charge in [-0.25, -0.2) is 19.6 Å². The van der Waals surface area contributed by atoms with E-state index in [0.29, 0.717) is 25.5 Å². The molecule has 5 heterocycles. The first-order chi connectivity index (χ1) is 27.9. The van der Waals surface area contributed by atoms with Gasteiger partial charge in [-0.15, -0.1) is 0 Å². The molecule has 0 radical (unpaired) electrons. The SMILES string of the molecule is COC(=O)NC(C(=O)N1CCCC1c1ncc(-c2ccc3c(c2)COc2cc4c(ccc5[nH]c([C@@H]6CCCN6C(=O)[C@@H](NC(=O)OC)C(C)C)nc54)cc2-3)[nH]1)C(C)C. The first-order valence-electron chi connectivity index (χ1n) is 20.0. The van der Waals surface area contributed by atoms with E-state index >= 15 is 0 Å². The topological polar surface area (TPSA) is 184 Å². The number of nitrogens with zero attached hydrogens (tertiary/aromatic N) is 4. The number of aromatic nitrogens is 4. The van der Waals surface area contributed by atoms with Gasteiger partial charge >= 0.3 is 12.2 Å². The molecule has 2 unspecified atom stereocenters. The number of alkyl carbamates (subject to hydrolysis) is 2. The van der Waals surface area contributed by atoms with Gasteiger partial charge in [-0.05, 0) is 83.9 Å². The van der Waals surface area contributed by atoms with Crippen molar-refractivity contribution in [2.45, 2.75) is 84.2 Å². The maximum Gasteiger partial charge on any atom is 0.407 e. The fraction of sp³-hybridized carbons (Fsp3) is 0.442. The first kappa shape index (κ1) is 38.7. The minimum Gasteiger partial charge on any atom is -0.488 e. The summed E-state index contributed by atoms with van der Waals surface area (Å²) in [6.45, 7) is 9.15. The van der Waals surface area contributed by atoms with Crippen molar-refractivity contribution >= 4 is 45.8 Å². The Hall–Kier alpha value is -6.12. The highest BCUT2D eigenvalue weighted by molar-refractivity contribution is 6.07. The summed E-state index contributed by atoms with van der Waals surface area (Å²) in [5.41, 5.74) is 6.60. The van der Waals surface area contributed by atoms with E-state index in [-0.39, 0.29) is 35.7 Å². The number of amides is 4. The molecule has 3 aliphatic heterocycles. The Bertz CT molecular complexity index is 2400. The number of carbonyl (C=O) groups excluding carboxylic acids is 4. The van der Waals surface area contributed by atoms with E-state index in [9.17, 15) is 19.2 Å². The van der Waals surface area contributed by atoms with Crippen molar-refractivity contribution in [2.24, 2.45) is 11.8 Å². The number of rotatable bonds is 9. The van der Waals surface area contributed by atoms with Gasteiger partial charge in [0.2, 0.25) is 11.8 Å². The van der Waals surface area contributed by atoms with E-state index in [1.807, 2.05) is 49.8 Å². The third-order valence-corrected chi connectivity index (χ3v) is 11.8. The Morgan fingerprint density at radius 1 is 0.793 bits per heavy atom. The lowest BCUT2D eigenvalue weighted by atomic mass is 9.92. The molecule has 4 atom stereocenters. The number of aromatic amines is 2. The maximum absolute atomic E-state index is 13.7. The van der Waals surface area contributed by atoms with Crippen molar-refractivity contribution < 1.29 is 33.4 Å². The summed E-state index contributed by atoms with van der Waals surface area (Å²) in [5.74, 6) is 1.66. The predicted molar refractivity (Wildman–Crippen MR) is 217 cm³/mol. The number of carbonyl (C=O) groups is 4. The molecule has 3 aliphatic rings. The lowest BCUT2D eigenvalue weighted by Gasteiger charge is -2.30. The lowest BCUT2D eigenvalue weighted by molar-refractivity contribution is -0.136. The van der Waals surface area contributed by atoms with Gasteiger partial charge in [0.15, 0.2) is 0 Å². The van der Waals surface area contributed by atoms with Crippen LogP contribution in [0.5, 0.6) is 5.75 Å². The molecule has 3 aromatic carbocycles. The standard InChI is InChI=1S/C43H50N8O7/c1-22(2)35(48-42(54)56-5)40(52)50-15-7-9-32(50)38-44-20-31(46-38)25-11-13-27-26(17-25)21-58-34-19-28-24(18-29(27)34)12-14-30-37(28)47-39(45-30)33-10-8-16-51(33)41(53)36(23(3)4)49-43(55)57-6/h11-14,17-20,22-23,32-33,35-36H,7-10,15-16,21H2,1-6H3,(H,44,46)(H,45,47)(H,48,54)(H,49,55)/t32?,33-,35?,36-/m0/s1. The quantitative estimate of drug-likeness (QED) is 0.125. The highest BCUT2D eigenvalue weighted by atomic mass is 16.5. The molecule has 58 heavy (non-hydrogen) atoms. The van der Waals surface area contributed by atoms with Crippen LogP contribution >= 0.6 is 0 Å². The Morgan fingerprint density at radius 3 is 2.05 bits per heavy atom. The van der Waals surface area contributed by atoms with E-state index < -0.39 is 24.3 Å². The van der Waals surface area contributed by atoms with Crippen molar-refractivity contribution in [3.8, 4) is 28.1 Å². The summed E-state index contributed by atoms with van der Waals surface area (Å²) < 4.78 is 16.0. The van der Waals surface area contributed by atoms with Crippen LogP contribution in [-0.2, 0) is 25.7 Å². The largest absolute Gasteiger partial charge is 0.488 e. The van der Waals surface area contributed by atoms with Gasteiger partial charge in [0.1, 0.15) is 36.1 Å². The van der Waals surface area contributed by atoms with E-state index in [2.05, 4.69) is 57.0 Å². The molecule has 4 amide bonds. The van der Waals surface area contributed by atoms with Gasteiger partial charge in [0.05, 0.1) is 49.2 Å². The van der Waals surface area contributed by atoms with Crippen molar-refractivity contribution in [3.63, 3.8) is 0 Å². The molecule has 15 nitrogen and oxygen atoms in total. The molecule has 0 aliphatic carbocycles. The van der Waals surface area contributed by atoms with Gasteiger partial charge in [0, 0.05) is 24.0 Å². The second-order valence-corrected chi connectivity index (χ2v) is 16.1. The molecule has 8 rings (SSSR count). The number of ether oxygens (including phenoxy) is 3. The Balaban J connectivity index is 1.03. The van der Waals surface area contributed by atoms with Crippen molar-refractivity contribution in [1.29, 1.82) is 0 Å². The second kappa shape index (κ2) is 15.7. The summed E-state index contributed by atoms with van der Waals surface area (Å²) in [7, 11) is 2.58. The zero-order valence-corrected chi connectivity index (χ0v) is 33.7. The minimum absolute atomic E-state index is 0.116. The average molecular weight is 791 g/mol. The Labute approximate surface area is 336 Å². The monoisotopic (exact) mass is 790 g/mol. The van der Waals surface area contributed by atoms with E-state index in [0.717, 1.165) is 87.0 Å². The summed E-state index contributed by atoms with van der Waals surface area (Å²) in [6.07, 6.45) is 3.74. The number of nitrogens with one attached hydrogen (secondary N) is 4. The average Bonchev–Trinajstić information content (AvgIpc) is 4.06. The van der Waals surface area contributed by atoms with E-state index in [1.165, 1.54) is 14.2 Å². The fourth-order valence-corrected chi connectivity index (χ4v) is 8.67. The zero-order valence-electron chi connectivity index (χ0n) is 33.7. The van der Waals surface area contributed by atoms with Crippen LogP contribution in [-0.4, -0.2) is 93.1 Å². The molecule has 15 heteroatoms. The molecule has 2 saturated heterocycles. The van der Waals surface area contributed by atoms with Crippen molar-refractivity contribution in [1.82, 2.24) is 40.4 Å². The molecule has 0 spiro atoms. The van der Waals surface area contributed by atoms with Gasteiger partial charge in [0.25, 0.3) is 0 Å². The van der Waals surface area contributed by atoms with Crippen LogP contribution in [0.3, 0.4) is 0 Å². The first-order valence-corrected chi connectivity index (χ1v) is 20.0. The lowest BCUT2D eigenvalue weighted by Crippen LogP contribution is -2.51. The van der Waals surface area contributed by atoms with Crippen LogP contribution < -0.4 is 15.4 Å².